The van der Waals surface area contributed by atoms with E-state index in [1.165, 1.54) is 15.6 Å². The van der Waals surface area contributed by atoms with Crippen LogP contribution < -0.4 is 5.32 Å². The van der Waals surface area contributed by atoms with Gasteiger partial charge in [-0.3, -0.25) is 9.89 Å². The second-order valence-electron chi connectivity index (χ2n) is 6.80. The van der Waals surface area contributed by atoms with E-state index in [2.05, 4.69) is 31.4 Å². The third-order valence-electron chi connectivity index (χ3n) is 4.86. The van der Waals surface area contributed by atoms with Crippen LogP contribution in [0.4, 0.5) is 5.69 Å². The third-order valence-corrected chi connectivity index (χ3v) is 8.82. The van der Waals surface area contributed by atoms with Crippen molar-refractivity contribution in [1.29, 1.82) is 0 Å². The maximum atomic E-state index is 12.9. The van der Waals surface area contributed by atoms with Crippen molar-refractivity contribution in [2.24, 2.45) is 5.92 Å². The standard InChI is InChI=1S/C19H19BrN4O3S2/c20-17-7-8-18(28-17)29(26,27)24-11-1-2-14(12-24)19(25)22-15-5-3-13(4-6-15)16-9-10-21-23-16/h3-10,14H,1-2,11-12H2,(H,21,23)(H,22,25). The number of nitrogens with zero attached hydrogens (tertiary/aromatic N) is 2. The molecule has 29 heavy (non-hydrogen) atoms. The van der Waals surface area contributed by atoms with E-state index in [4.69, 9.17) is 0 Å². The lowest BCUT2D eigenvalue weighted by atomic mass is 9.98. The Hall–Kier alpha value is -2.01. The van der Waals surface area contributed by atoms with E-state index in [1.807, 2.05) is 30.3 Å². The number of aromatic amines is 1. The SMILES string of the molecule is O=C(Nc1ccc(-c2ccn[nH]2)cc1)C1CCCN(S(=O)(=O)c2ccc(Br)s2)C1. The number of halogens is 1. The van der Waals surface area contributed by atoms with Gasteiger partial charge in [0.25, 0.3) is 10.0 Å². The van der Waals surface area contributed by atoms with E-state index in [0.717, 1.165) is 15.0 Å². The highest BCUT2D eigenvalue weighted by Crippen LogP contribution is 2.31. The molecule has 4 rings (SSSR count). The third kappa shape index (κ3) is 4.45. The zero-order valence-electron chi connectivity index (χ0n) is 15.3. The van der Waals surface area contributed by atoms with Crippen LogP contribution in [0.1, 0.15) is 12.8 Å². The molecule has 152 valence electrons. The summed E-state index contributed by atoms with van der Waals surface area (Å²) >= 11 is 4.48. The molecule has 1 amide bonds. The van der Waals surface area contributed by atoms with Gasteiger partial charge in [-0.1, -0.05) is 12.1 Å². The number of hydrogen-bond donors (Lipinski definition) is 2. The highest BCUT2D eigenvalue weighted by molar-refractivity contribution is 9.11. The number of carbonyl (C=O) groups excluding carboxylic acids is 1. The first-order valence-electron chi connectivity index (χ1n) is 9.09. The maximum absolute atomic E-state index is 12.9. The van der Waals surface area contributed by atoms with E-state index in [9.17, 15) is 13.2 Å². The molecule has 7 nitrogen and oxygen atoms in total. The lowest BCUT2D eigenvalue weighted by Gasteiger charge is -2.30. The van der Waals surface area contributed by atoms with Gasteiger partial charge in [0.05, 0.1) is 15.4 Å². The quantitative estimate of drug-likeness (QED) is 0.561. The number of hydrogen-bond acceptors (Lipinski definition) is 5. The number of thiophene rings is 1. The van der Waals surface area contributed by atoms with E-state index >= 15 is 0 Å². The van der Waals surface area contributed by atoms with Gasteiger partial charge in [-0.05, 0) is 64.7 Å². The molecule has 0 saturated carbocycles. The minimum Gasteiger partial charge on any atom is -0.326 e. The second-order valence-corrected chi connectivity index (χ2v) is 11.4. The van der Waals surface area contributed by atoms with Gasteiger partial charge >= 0.3 is 0 Å². The lowest BCUT2D eigenvalue weighted by molar-refractivity contribution is -0.120. The number of anilines is 1. The summed E-state index contributed by atoms with van der Waals surface area (Å²) < 4.78 is 28.2. The molecule has 1 atom stereocenters. The van der Waals surface area contributed by atoms with Gasteiger partial charge in [-0.2, -0.15) is 9.40 Å². The van der Waals surface area contributed by atoms with Crippen LogP contribution in [0.15, 0.2) is 56.7 Å². The molecule has 1 aliphatic rings. The largest absolute Gasteiger partial charge is 0.326 e. The van der Waals surface area contributed by atoms with Crippen LogP contribution >= 0.6 is 27.3 Å². The smallest absolute Gasteiger partial charge is 0.252 e. The Labute approximate surface area is 181 Å². The van der Waals surface area contributed by atoms with Gasteiger partial charge in [-0.15, -0.1) is 11.3 Å². The zero-order chi connectivity index (χ0) is 20.4. The molecule has 0 spiro atoms. The summed E-state index contributed by atoms with van der Waals surface area (Å²) in [5.74, 6) is -0.541. The fraction of sp³-hybridized carbons (Fsp3) is 0.263. The molecule has 1 unspecified atom stereocenters. The van der Waals surface area contributed by atoms with Crippen LogP contribution in [-0.2, 0) is 14.8 Å². The summed E-state index contributed by atoms with van der Waals surface area (Å²) in [6.45, 7) is 0.621. The van der Waals surface area contributed by atoms with Crippen LogP contribution in [0.2, 0.25) is 0 Å². The number of amides is 1. The summed E-state index contributed by atoms with van der Waals surface area (Å²) in [6, 6.07) is 12.6. The Bertz CT molecular complexity index is 1090. The van der Waals surface area contributed by atoms with Crippen molar-refractivity contribution in [2.75, 3.05) is 18.4 Å². The van der Waals surface area contributed by atoms with Crippen molar-refractivity contribution >= 4 is 48.9 Å². The topological polar surface area (TPSA) is 95.2 Å². The molecular formula is C19H19BrN4O3S2. The molecule has 2 N–H and O–H groups in total. The fourth-order valence-corrected chi connectivity index (χ4v) is 7.02. The fourth-order valence-electron chi connectivity index (χ4n) is 3.33. The van der Waals surface area contributed by atoms with E-state index in [0.29, 0.717) is 29.3 Å². The van der Waals surface area contributed by atoms with E-state index in [1.54, 1.807) is 18.3 Å². The summed E-state index contributed by atoms with van der Waals surface area (Å²) in [5.41, 5.74) is 2.55. The second kappa shape index (κ2) is 8.39. The molecule has 2 aromatic heterocycles. The molecule has 1 fully saturated rings. The average molecular weight is 495 g/mol. The number of aromatic nitrogens is 2. The van der Waals surface area contributed by atoms with E-state index in [-0.39, 0.29) is 18.4 Å². The molecule has 3 heterocycles. The van der Waals surface area contributed by atoms with Crippen molar-refractivity contribution in [3.8, 4) is 11.3 Å². The Morgan fingerprint density at radius 1 is 1.21 bits per heavy atom. The van der Waals surface area contributed by atoms with Crippen molar-refractivity contribution < 1.29 is 13.2 Å². The van der Waals surface area contributed by atoms with Crippen molar-refractivity contribution in [2.45, 2.75) is 17.1 Å². The van der Waals surface area contributed by atoms with Crippen molar-refractivity contribution in [3.05, 3.63) is 52.4 Å². The number of sulfonamides is 1. The molecule has 10 heteroatoms. The Balaban J connectivity index is 1.42. The first kappa shape index (κ1) is 20.3. The van der Waals surface area contributed by atoms with Crippen LogP contribution in [0, 0.1) is 5.92 Å². The molecule has 3 aromatic rings. The van der Waals surface area contributed by atoms with Crippen LogP contribution in [0.5, 0.6) is 0 Å². The number of nitrogens with one attached hydrogen (secondary N) is 2. The molecule has 1 saturated heterocycles. The lowest BCUT2D eigenvalue weighted by Crippen LogP contribution is -2.43. The Morgan fingerprint density at radius 3 is 2.66 bits per heavy atom. The molecule has 0 aliphatic carbocycles. The number of carbonyl (C=O) groups is 1. The normalized spacial score (nSPS) is 17.9. The predicted octanol–water partition coefficient (Wildman–Crippen LogP) is 3.94. The van der Waals surface area contributed by atoms with Gasteiger partial charge in [0.2, 0.25) is 5.91 Å². The van der Waals surface area contributed by atoms with Crippen LogP contribution in [-0.4, -0.2) is 41.9 Å². The summed E-state index contributed by atoms with van der Waals surface area (Å²) in [4.78, 5) is 12.7. The van der Waals surface area contributed by atoms with Crippen LogP contribution in [0.25, 0.3) is 11.3 Å². The highest BCUT2D eigenvalue weighted by Gasteiger charge is 2.34. The first-order valence-corrected chi connectivity index (χ1v) is 12.1. The monoisotopic (exact) mass is 494 g/mol. The summed E-state index contributed by atoms with van der Waals surface area (Å²) in [7, 11) is -3.58. The minimum atomic E-state index is -3.58. The molecule has 0 bridgehead atoms. The zero-order valence-corrected chi connectivity index (χ0v) is 18.6. The Morgan fingerprint density at radius 2 is 2.00 bits per heavy atom. The number of piperidine rings is 1. The van der Waals surface area contributed by atoms with Gasteiger partial charge in [0, 0.05) is 25.0 Å². The number of rotatable bonds is 5. The summed E-state index contributed by atoms with van der Waals surface area (Å²) in [6.07, 6.45) is 3.00. The first-order chi connectivity index (χ1) is 13.9. The summed E-state index contributed by atoms with van der Waals surface area (Å²) in [5, 5.41) is 9.74. The van der Waals surface area contributed by atoms with Gasteiger partial charge in [-0.25, -0.2) is 8.42 Å². The van der Waals surface area contributed by atoms with Gasteiger partial charge < -0.3 is 5.32 Å². The van der Waals surface area contributed by atoms with Gasteiger partial charge in [0.15, 0.2) is 0 Å². The van der Waals surface area contributed by atoms with E-state index < -0.39 is 10.0 Å². The van der Waals surface area contributed by atoms with Gasteiger partial charge in [0.1, 0.15) is 4.21 Å². The van der Waals surface area contributed by atoms with Crippen molar-refractivity contribution in [1.82, 2.24) is 14.5 Å². The number of H-pyrrole nitrogens is 1. The average Bonchev–Trinajstić information content (AvgIpc) is 3.41. The molecular weight excluding hydrogens is 476 g/mol. The maximum Gasteiger partial charge on any atom is 0.252 e. The predicted molar refractivity (Wildman–Crippen MR) is 116 cm³/mol. The minimum absolute atomic E-state index is 0.161. The highest BCUT2D eigenvalue weighted by atomic mass is 79.9. The molecule has 1 aliphatic heterocycles. The molecule has 0 radical (unpaired) electrons. The van der Waals surface area contributed by atoms with Crippen LogP contribution in [0.3, 0.4) is 0 Å². The number of benzene rings is 1. The Kier molecular flexibility index (Phi) is 5.86. The molecule has 1 aromatic carbocycles. The van der Waals surface area contributed by atoms with Crippen molar-refractivity contribution in [3.63, 3.8) is 0 Å².